The highest BCUT2D eigenvalue weighted by Crippen LogP contribution is 2.29. The monoisotopic (exact) mass is 297 g/mol. The lowest BCUT2D eigenvalue weighted by atomic mass is 9.77. The summed E-state index contributed by atoms with van der Waals surface area (Å²) < 4.78 is 0. The summed E-state index contributed by atoms with van der Waals surface area (Å²) >= 11 is 0. The van der Waals surface area contributed by atoms with Gasteiger partial charge in [0.25, 0.3) is 0 Å². The van der Waals surface area contributed by atoms with Crippen molar-refractivity contribution in [3.05, 3.63) is 0 Å². The van der Waals surface area contributed by atoms with Crippen LogP contribution in [0.5, 0.6) is 0 Å². The van der Waals surface area contributed by atoms with E-state index < -0.39 is 5.60 Å². The third kappa shape index (κ3) is 4.41. The van der Waals surface area contributed by atoms with E-state index >= 15 is 0 Å². The first-order valence-corrected chi connectivity index (χ1v) is 8.27. The van der Waals surface area contributed by atoms with Crippen molar-refractivity contribution in [2.75, 3.05) is 32.7 Å². The van der Waals surface area contributed by atoms with Gasteiger partial charge in [0.05, 0.1) is 11.5 Å². The van der Waals surface area contributed by atoms with Gasteiger partial charge in [-0.2, -0.15) is 0 Å². The van der Waals surface area contributed by atoms with E-state index in [9.17, 15) is 9.90 Å². The zero-order valence-corrected chi connectivity index (χ0v) is 13.7. The Hall–Kier alpha value is -0.650. The number of β-amino-alcohol motifs (C(OH)–C–C–N with tert-alkyl or cyclic N) is 1. The maximum Gasteiger partial charge on any atom is 0.227 e. The topological polar surface area (TPSA) is 69.8 Å². The van der Waals surface area contributed by atoms with Gasteiger partial charge < -0.3 is 15.7 Å². The zero-order valence-electron chi connectivity index (χ0n) is 13.7. The summed E-state index contributed by atoms with van der Waals surface area (Å²) in [5.74, 6) is 0.704. The number of hydrogen-bond acceptors (Lipinski definition) is 4. The molecule has 5 heteroatoms. The predicted molar refractivity (Wildman–Crippen MR) is 83.8 cm³/mol. The molecule has 1 aliphatic heterocycles. The third-order valence-corrected chi connectivity index (χ3v) is 4.91. The van der Waals surface area contributed by atoms with Crippen LogP contribution in [0.3, 0.4) is 0 Å². The molecular weight excluding hydrogens is 266 g/mol. The highest BCUT2D eigenvalue weighted by Gasteiger charge is 2.36. The van der Waals surface area contributed by atoms with Crippen LogP contribution < -0.4 is 5.73 Å². The average Bonchev–Trinajstić information content (AvgIpc) is 2.40. The van der Waals surface area contributed by atoms with Gasteiger partial charge in [0.1, 0.15) is 0 Å². The molecule has 3 unspecified atom stereocenters. The Balaban J connectivity index is 1.85. The molecule has 1 amide bonds. The number of nitrogens with two attached hydrogens (primary N) is 1. The zero-order chi connectivity index (χ0) is 15.6. The Labute approximate surface area is 128 Å². The van der Waals surface area contributed by atoms with Gasteiger partial charge in [-0.05, 0) is 32.6 Å². The normalized spacial score (nSPS) is 32.2. The number of aliphatic hydroxyl groups is 1. The van der Waals surface area contributed by atoms with Crippen molar-refractivity contribution >= 4 is 5.91 Å². The first kappa shape index (κ1) is 16.7. The molecule has 2 fully saturated rings. The lowest BCUT2D eigenvalue weighted by Crippen LogP contribution is -2.55. The number of carbonyl (C=O) groups excluding carboxylic acids is 1. The van der Waals surface area contributed by atoms with Crippen molar-refractivity contribution in [1.82, 2.24) is 9.80 Å². The van der Waals surface area contributed by atoms with Crippen LogP contribution >= 0.6 is 0 Å². The van der Waals surface area contributed by atoms with Crippen molar-refractivity contribution in [3.63, 3.8) is 0 Å². The van der Waals surface area contributed by atoms with E-state index in [1.165, 1.54) is 0 Å². The SMILES string of the molecule is CC1CCCC(C(=O)N2CCN(CC(C)(C)O)CC2)C1N. The summed E-state index contributed by atoms with van der Waals surface area (Å²) in [5.41, 5.74) is 5.58. The fourth-order valence-electron chi connectivity index (χ4n) is 3.64. The second-order valence-electron chi connectivity index (χ2n) is 7.51. The molecule has 0 radical (unpaired) electrons. The lowest BCUT2D eigenvalue weighted by Gasteiger charge is -2.41. The molecule has 1 saturated heterocycles. The first-order chi connectivity index (χ1) is 9.78. The van der Waals surface area contributed by atoms with Crippen LogP contribution in [0.1, 0.15) is 40.0 Å². The van der Waals surface area contributed by atoms with Crippen molar-refractivity contribution in [2.24, 2.45) is 17.6 Å². The van der Waals surface area contributed by atoms with E-state index in [2.05, 4.69) is 11.8 Å². The number of piperazine rings is 1. The van der Waals surface area contributed by atoms with Crippen LogP contribution in [-0.4, -0.2) is 65.2 Å². The summed E-state index contributed by atoms with van der Waals surface area (Å²) in [4.78, 5) is 16.9. The van der Waals surface area contributed by atoms with Crippen LogP contribution in [-0.2, 0) is 4.79 Å². The number of amides is 1. The van der Waals surface area contributed by atoms with Crippen LogP contribution in [0, 0.1) is 11.8 Å². The van der Waals surface area contributed by atoms with Gasteiger partial charge in [-0.15, -0.1) is 0 Å². The van der Waals surface area contributed by atoms with E-state index in [4.69, 9.17) is 5.73 Å². The minimum absolute atomic E-state index is 0.00887. The van der Waals surface area contributed by atoms with Crippen LogP contribution in [0.25, 0.3) is 0 Å². The van der Waals surface area contributed by atoms with E-state index in [0.29, 0.717) is 12.5 Å². The first-order valence-electron chi connectivity index (χ1n) is 8.27. The average molecular weight is 297 g/mol. The highest BCUT2D eigenvalue weighted by molar-refractivity contribution is 5.79. The Morgan fingerprint density at radius 1 is 1.24 bits per heavy atom. The standard InChI is InChI=1S/C16H31N3O2/c1-12-5-4-6-13(14(12)17)15(20)19-9-7-18(8-10-19)11-16(2,3)21/h12-14,21H,4-11,17H2,1-3H3. The van der Waals surface area contributed by atoms with E-state index in [1.54, 1.807) is 0 Å². The van der Waals surface area contributed by atoms with Gasteiger partial charge >= 0.3 is 0 Å². The third-order valence-electron chi connectivity index (χ3n) is 4.91. The largest absolute Gasteiger partial charge is 0.389 e. The van der Waals surface area contributed by atoms with Gasteiger partial charge in [0.2, 0.25) is 5.91 Å². The molecule has 122 valence electrons. The molecule has 3 N–H and O–H groups in total. The summed E-state index contributed by atoms with van der Waals surface area (Å²) in [5, 5.41) is 9.87. The van der Waals surface area contributed by atoms with Crippen molar-refractivity contribution in [2.45, 2.75) is 51.7 Å². The summed E-state index contributed by atoms with van der Waals surface area (Å²) in [7, 11) is 0. The van der Waals surface area contributed by atoms with E-state index in [-0.39, 0.29) is 17.9 Å². The molecule has 2 aliphatic rings. The molecule has 0 aromatic heterocycles. The van der Waals surface area contributed by atoms with Crippen LogP contribution in [0.4, 0.5) is 0 Å². The van der Waals surface area contributed by atoms with Crippen LogP contribution in [0.2, 0.25) is 0 Å². The summed E-state index contributed by atoms with van der Waals surface area (Å²) in [6.07, 6.45) is 3.20. The molecule has 0 aromatic carbocycles. The molecule has 2 rings (SSSR count). The minimum atomic E-state index is -0.673. The molecule has 3 atom stereocenters. The number of rotatable bonds is 3. The van der Waals surface area contributed by atoms with Gasteiger partial charge in [0, 0.05) is 38.8 Å². The summed E-state index contributed by atoms with van der Waals surface area (Å²) in [6, 6.07) is 0.0145. The van der Waals surface area contributed by atoms with E-state index in [1.807, 2.05) is 18.7 Å². The molecule has 0 spiro atoms. The quantitative estimate of drug-likeness (QED) is 0.803. The molecule has 1 heterocycles. The van der Waals surface area contributed by atoms with Crippen LogP contribution in [0.15, 0.2) is 0 Å². The number of hydrogen-bond donors (Lipinski definition) is 2. The lowest BCUT2D eigenvalue weighted by molar-refractivity contribution is -0.139. The fraction of sp³-hybridized carbons (Fsp3) is 0.938. The second-order valence-corrected chi connectivity index (χ2v) is 7.51. The molecule has 1 aliphatic carbocycles. The van der Waals surface area contributed by atoms with Gasteiger partial charge in [-0.25, -0.2) is 0 Å². The number of nitrogens with zero attached hydrogens (tertiary/aromatic N) is 2. The summed E-state index contributed by atoms with van der Waals surface area (Å²) in [6.45, 7) is 9.67. The highest BCUT2D eigenvalue weighted by atomic mass is 16.3. The van der Waals surface area contributed by atoms with Crippen molar-refractivity contribution in [1.29, 1.82) is 0 Å². The number of carbonyl (C=O) groups is 1. The second kappa shape index (κ2) is 6.63. The Kier molecular flexibility index (Phi) is 5.28. The minimum Gasteiger partial charge on any atom is -0.389 e. The van der Waals surface area contributed by atoms with Gasteiger partial charge in [0.15, 0.2) is 0 Å². The molecule has 5 nitrogen and oxygen atoms in total. The fourth-order valence-corrected chi connectivity index (χ4v) is 3.64. The van der Waals surface area contributed by atoms with E-state index in [0.717, 1.165) is 45.4 Å². The smallest absolute Gasteiger partial charge is 0.227 e. The van der Waals surface area contributed by atoms with Gasteiger partial charge in [-0.3, -0.25) is 9.69 Å². The Bertz CT molecular complexity index is 359. The maximum atomic E-state index is 12.7. The Morgan fingerprint density at radius 2 is 1.86 bits per heavy atom. The Morgan fingerprint density at radius 3 is 2.43 bits per heavy atom. The van der Waals surface area contributed by atoms with Gasteiger partial charge in [-0.1, -0.05) is 13.3 Å². The molecule has 1 saturated carbocycles. The molecular formula is C16H31N3O2. The predicted octanol–water partition coefficient (Wildman–Crippen LogP) is 0.665. The van der Waals surface area contributed by atoms with Crippen molar-refractivity contribution in [3.8, 4) is 0 Å². The van der Waals surface area contributed by atoms with Crippen molar-refractivity contribution < 1.29 is 9.90 Å². The molecule has 0 aromatic rings. The molecule has 21 heavy (non-hydrogen) atoms. The maximum absolute atomic E-state index is 12.7. The molecule has 0 bridgehead atoms.